The van der Waals surface area contributed by atoms with Crippen molar-refractivity contribution in [1.29, 1.82) is 0 Å². The third-order valence-corrected chi connectivity index (χ3v) is 4.02. The van der Waals surface area contributed by atoms with Gasteiger partial charge in [0, 0.05) is 0 Å². The first-order valence-corrected chi connectivity index (χ1v) is 8.65. The van der Waals surface area contributed by atoms with E-state index in [0.717, 1.165) is 11.8 Å². The molecule has 0 unspecified atom stereocenters. The lowest BCUT2D eigenvalue weighted by Gasteiger charge is -2.25. The topological polar surface area (TPSA) is 102 Å². The number of alkyl carbamates (subject to hydrolysis) is 1. The first-order valence-electron chi connectivity index (χ1n) is 6.83. The third kappa shape index (κ3) is 4.69. The predicted octanol–water partition coefficient (Wildman–Crippen LogP) is 0.782. The van der Waals surface area contributed by atoms with Crippen molar-refractivity contribution in [2.45, 2.75) is 31.1 Å². The molecule has 0 spiro atoms. The van der Waals surface area contributed by atoms with Crippen LogP contribution in [0.2, 0.25) is 0 Å². The molecule has 7 nitrogen and oxygen atoms in total. The summed E-state index contributed by atoms with van der Waals surface area (Å²) in [6.07, 6.45) is 1.11. The van der Waals surface area contributed by atoms with E-state index >= 15 is 0 Å². The standard InChI is InChI=1S/C14H19NO6S/c1-22(18,19)21-14(7-8-14)12(9-16)15-13(17)20-10-11-5-3-2-4-6-11/h2-6,12,16H,7-10H2,1H3,(H,15,17)/t12-/m0/s1. The number of benzene rings is 1. The minimum Gasteiger partial charge on any atom is -0.445 e. The largest absolute Gasteiger partial charge is 0.445 e. The highest BCUT2D eigenvalue weighted by atomic mass is 32.2. The molecule has 1 aliphatic carbocycles. The molecule has 2 N–H and O–H groups in total. The SMILES string of the molecule is CS(=O)(=O)OC1([C@H](CO)NC(=O)OCc2ccccc2)CC1. The molecule has 1 atom stereocenters. The smallest absolute Gasteiger partial charge is 0.407 e. The number of ether oxygens (including phenoxy) is 1. The van der Waals surface area contributed by atoms with Gasteiger partial charge >= 0.3 is 6.09 Å². The number of nitrogens with one attached hydrogen (secondary N) is 1. The summed E-state index contributed by atoms with van der Waals surface area (Å²) in [5, 5.41) is 11.8. The molecule has 0 aromatic heterocycles. The maximum atomic E-state index is 11.8. The van der Waals surface area contributed by atoms with E-state index in [1.807, 2.05) is 30.3 Å². The van der Waals surface area contributed by atoms with Gasteiger partial charge in [-0.25, -0.2) is 4.79 Å². The molecule has 1 aromatic carbocycles. The van der Waals surface area contributed by atoms with Crippen molar-refractivity contribution in [1.82, 2.24) is 5.32 Å². The lowest BCUT2D eigenvalue weighted by molar-refractivity contribution is 0.0804. The first kappa shape index (κ1) is 16.7. The van der Waals surface area contributed by atoms with Gasteiger partial charge in [-0.05, 0) is 18.4 Å². The summed E-state index contributed by atoms with van der Waals surface area (Å²) in [4.78, 5) is 11.8. The van der Waals surface area contributed by atoms with E-state index in [2.05, 4.69) is 5.32 Å². The molecular formula is C14H19NO6S. The minimum absolute atomic E-state index is 0.0881. The number of hydrogen-bond donors (Lipinski definition) is 2. The van der Waals surface area contributed by atoms with Gasteiger partial charge in [0.15, 0.2) is 0 Å². The van der Waals surface area contributed by atoms with Gasteiger partial charge in [0.1, 0.15) is 12.2 Å². The molecule has 0 aliphatic heterocycles. The first-order chi connectivity index (χ1) is 10.3. The molecule has 0 bridgehead atoms. The molecule has 8 heteroatoms. The molecule has 22 heavy (non-hydrogen) atoms. The van der Waals surface area contributed by atoms with E-state index in [1.54, 1.807) is 0 Å². The fraction of sp³-hybridized carbons (Fsp3) is 0.500. The van der Waals surface area contributed by atoms with Crippen molar-refractivity contribution in [2.24, 2.45) is 0 Å². The molecule has 1 saturated carbocycles. The Hall–Kier alpha value is -1.64. The van der Waals surface area contributed by atoms with E-state index in [0.29, 0.717) is 12.8 Å². The zero-order chi connectivity index (χ0) is 16.2. The maximum absolute atomic E-state index is 11.8. The Morgan fingerprint density at radius 1 is 1.36 bits per heavy atom. The quantitative estimate of drug-likeness (QED) is 0.717. The van der Waals surface area contributed by atoms with Crippen LogP contribution in [-0.2, 0) is 25.6 Å². The minimum atomic E-state index is -3.67. The number of hydrogen-bond acceptors (Lipinski definition) is 6. The number of amides is 1. The second kappa shape index (κ2) is 6.64. The zero-order valence-corrected chi connectivity index (χ0v) is 13.0. The van der Waals surface area contributed by atoms with Crippen LogP contribution < -0.4 is 5.32 Å². The van der Waals surface area contributed by atoms with Crippen LogP contribution in [0.5, 0.6) is 0 Å². The molecule has 0 saturated heterocycles. The van der Waals surface area contributed by atoms with Crippen LogP contribution in [-0.4, -0.2) is 44.1 Å². The van der Waals surface area contributed by atoms with E-state index in [-0.39, 0.29) is 6.61 Å². The summed E-state index contributed by atoms with van der Waals surface area (Å²) < 4.78 is 32.6. The number of carbonyl (C=O) groups excluding carboxylic acids is 1. The van der Waals surface area contributed by atoms with Crippen LogP contribution in [0.3, 0.4) is 0 Å². The maximum Gasteiger partial charge on any atom is 0.407 e. The zero-order valence-electron chi connectivity index (χ0n) is 12.2. The van der Waals surface area contributed by atoms with E-state index in [4.69, 9.17) is 8.92 Å². The molecule has 1 amide bonds. The van der Waals surface area contributed by atoms with Crippen molar-refractivity contribution < 1.29 is 27.2 Å². The van der Waals surface area contributed by atoms with Gasteiger partial charge in [-0.15, -0.1) is 0 Å². The highest BCUT2D eigenvalue weighted by molar-refractivity contribution is 7.86. The highest BCUT2D eigenvalue weighted by Gasteiger charge is 2.54. The second-order valence-corrected chi connectivity index (χ2v) is 6.87. The van der Waals surface area contributed by atoms with Gasteiger partial charge in [-0.3, -0.25) is 4.18 Å². The van der Waals surface area contributed by atoms with Gasteiger partial charge in [0.05, 0.1) is 18.9 Å². The third-order valence-electron chi connectivity index (χ3n) is 3.38. The average molecular weight is 329 g/mol. The van der Waals surface area contributed by atoms with E-state index in [1.165, 1.54) is 0 Å². The Labute approximate surface area is 129 Å². The lowest BCUT2D eigenvalue weighted by atomic mass is 10.1. The summed E-state index contributed by atoms with van der Waals surface area (Å²) in [5.74, 6) is 0. The van der Waals surface area contributed by atoms with Gasteiger partial charge < -0.3 is 15.2 Å². The Bertz CT molecular complexity index is 611. The Kier molecular flexibility index (Phi) is 5.05. The van der Waals surface area contributed by atoms with Crippen molar-refractivity contribution in [2.75, 3.05) is 12.9 Å². The fourth-order valence-electron chi connectivity index (χ4n) is 2.17. The summed E-state index contributed by atoms with van der Waals surface area (Å²) in [6.45, 7) is -0.347. The molecule has 122 valence electrons. The van der Waals surface area contributed by atoms with Crippen molar-refractivity contribution in [3.05, 3.63) is 35.9 Å². The number of rotatable bonds is 7. The van der Waals surface area contributed by atoms with Crippen LogP contribution in [0.25, 0.3) is 0 Å². The average Bonchev–Trinajstić information content (AvgIpc) is 3.22. The summed E-state index contributed by atoms with van der Waals surface area (Å²) >= 11 is 0. The Morgan fingerprint density at radius 3 is 2.50 bits per heavy atom. The van der Waals surface area contributed by atoms with E-state index < -0.39 is 34.5 Å². The number of aliphatic hydroxyl groups is 1. The molecule has 1 aromatic rings. The summed E-state index contributed by atoms with van der Waals surface area (Å²) in [5.41, 5.74) is -0.236. The monoisotopic (exact) mass is 329 g/mol. The van der Waals surface area contributed by atoms with Crippen molar-refractivity contribution in [3.8, 4) is 0 Å². The van der Waals surface area contributed by atoms with Crippen LogP contribution >= 0.6 is 0 Å². The van der Waals surface area contributed by atoms with Gasteiger partial charge in [-0.1, -0.05) is 30.3 Å². The lowest BCUT2D eigenvalue weighted by Crippen LogP contribution is -2.49. The molecular weight excluding hydrogens is 310 g/mol. The highest BCUT2D eigenvalue weighted by Crippen LogP contribution is 2.43. The fourth-order valence-corrected chi connectivity index (χ4v) is 3.05. The van der Waals surface area contributed by atoms with Crippen LogP contribution in [0, 0.1) is 0 Å². The van der Waals surface area contributed by atoms with Gasteiger partial charge in [0.25, 0.3) is 10.1 Å². The van der Waals surface area contributed by atoms with Crippen LogP contribution in [0.4, 0.5) is 4.79 Å². The van der Waals surface area contributed by atoms with E-state index in [9.17, 15) is 18.3 Å². The number of carbonyl (C=O) groups is 1. The summed E-state index contributed by atoms with van der Waals surface area (Å²) in [6, 6.07) is 8.30. The molecule has 0 radical (unpaired) electrons. The predicted molar refractivity (Wildman–Crippen MR) is 78.5 cm³/mol. The van der Waals surface area contributed by atoms with Crippen LogP contribution in [0.1, 0.15) is 18.4 Å². The number of aliphatic hydroxyl groups excluding tert-OH is 1. The Balaban J connectivity index is 1.89. The van der Waals surface area contributed by atoms with Gasteiger partial charge in [-0.2, -0.15) is 8.42 Å². The summed E-state index contributed by atoms with van der Waals surface area (Å²) in [7, 11) is -3.67. The second-order valence-electron chi connectivity index (χ2n) is 5.29. The van der Waals surface area contributed by atoms with Gasteiger partial charge in [0.2, 0.25) is 0 Å². The molecule has 1 aliphatic rings. The normalized spacial score (nSPS) is 17.5. The Morgan fingerprint density at radius 2 is 2.00 bits per heavy atom. The molecule has 2 rings (SSSR count). The molecule has 0 heterocycles. The van der Waals surface area contributed by atoms with Crippen molar-refractivity contribution >= 4 is 16.2 Å². The molecule has 1 fully saturated rings. The van der Waals surface area contributed by atoms with Crippen LogP contribution in [0.15, 0.2) is 30.3 Å². The van der Waals surface area contributed by atoms with Crippen molar-refractivity contribution in [3.63, 3.8) is 0 Å².